The first-order valence-corrected chi connectivity index (χ1v) is 21.3. The molecule has 0 amide bonds. The van der Waals surface area contributed by atoms with Crippen LogP contribution in [-0.2, 0) is 43.9 Å². The summed E-state index contributed by atoms with van der Waals surface area (Å²) < 4.78 is 2.41. The first-order valence-electron chi connectivity index (χ1n) is 19.7. The number of hydrogen-bond acceptors (Lipinski definition) is 0. The van der Waals surface area contributed by atoms with Gasteiger partial charge in [-0.25, -0.2) is 0 Å². The Morgan fingerprint density at radius 2 is 0.863 bits per heavy atom. The van der Waals surface area contributed by atoms with E-state index in [9.17, 15) is 0 Å². The number of hydrogen-bond donors (Lipinski definition) is 0. The molecule has 0 radical (unpaired) electrons. The molecule has 0 N–H and O–H groups in total. The highest BCUT2D eigenvalue weighted by Crippen LogP contribution is 2.55. The van der Waals surface area contributed by atoms with Gasteiger partial charge in [0.15, 0.2) is 0 Å². The topological polar surface area (TPSA) is 0 Å². The molecule has 0 aromatic heterocycles. The second-order valence-corrected chi connectivity index (χ2v) is 17.6. The Kier molecular flexibility index (Phi) is 9.44. The number of fused-ring (bicyclic) bond motifs is 9. The maximum atomic E-state index is 3.88. The zero-order chi connectivity index (χ0) is 34.4. The second kappa shape index (κ2) is 14.3. The standard InChI is InChI=1S/C49H48Br2/c50-37-21-25-45-46-26-22-38(51)32-48(46)49(47(45)31-37,27-11-3-1-5-13-33-29-35-19-23-41(35)43-17-9-7-15-39(33)43)28-12-4-2-6-14-34-30-36-20-24-42(36)44-18-10-8-16-40(34)44/h7-10,15-18,21-22,25-26,29-32H,1-6,11-14,19-20,23-24,27-28H2. The van der Waals surface area contributed by atoms with Crippen molar-refractivity contribution < 1.29 is 0 Å². The molecule has 0 saturated heterocycles. The van der Waals surface area contributed by atoms with Gasteiger partial charge >= 0.3 is 0 Å². The lowest BCUT2D eigenvalue weighted by Crippen LogP contribution is -2.25. The average Bonchev–Trinajstić information content (AvgIpc) is 3.37. The molecule has 0 unspecified atom stereocenters. The molecule has 51 heavy (non-hydrogen) atoms. The minimum Gasteiger partial charge on any atom is -0.0616 e. The predicted molar refractivity (Wildman–Crippen MR) is 224 cm³/mol. The van der Waals surface area contributed by atoms with E-state index in [0.29, 0.717) is 0 Å². The molecule has 0 heterocycles. The molecule has 0 aliphatic heterocycles. The summed E-state index contributed by atoms with van der Waals surface area (Å²) in [5.41, 5.74) is 15.6. The van der Waals surface area contributed by atoms with E-state index in [4.69, 9.17) is 0 Å². The van der Waals surface area contributed by atoms with Crippen LogP contribution in [0.2, 0.25) is 0 Å². The molecule has 6 aromatic carbocycles. The zero-order valence-electron chi connectivity index (χ0n) is 29.8. The monoisotopic (exact) mass is 794 g/mol. The molecule has 9 rings (SSSR count). The zero-order valence-corrected chi connectivity index (χ0v) is 33.0. The van der Waals surface area contributed by atoms with Crippen LogP contribution >= 0.6 is 31.9 Å². The SMILES string of the molecule is Brc1ccc2c(c1)C(CCCCCCc1cc3c(c4ccccc14)CC3)(CCCCCCc1cc3c(c4ccccc14)CC3)c1cc(Br)ccc1-2. The molecule has 2 heteroatoms. The molecule has 0 fully saturated rings. The van der Waals surface area contributed by atoms with E-state index in [1.54, 1.807) is 44.5 Å². The predicted octanol–water partition coefficient (Wildman–Crippen LogP) is 14.4. The van der Waals surface area contributed by atoms with Crippen molar-refractivity contribution in [2.24, 2.45) is 0 Å². The Morgan fingerprint density at radius 1 is 0.431 bits per heavy atom. The summed E-state index contributed by atoms with van der Waals surface area (Å²) in [6, 6.07) is 37.5. The first kappa shape index (κ1) is 33.6. The van der Waals surface area contributed by atoms with Gasteiger partial charge in [0.1, 0.15) is 0 Å². The number of benzene rings is 6. The largest absolute Gasteiger partial charge is 0.0616 e. The van der Waals surface area contributed by atoms with Crippen molar-refractivity contribution in [3.8, 4) is 11.1 Å². The molecular weight excluding hydrogens is 748 g/mol. The van der Waals surface area contributed by atoms with Crippen LogP contribution in [0.15, 0.2) is 106 Å². The number of unbranched alkanes of at least 4 members (excludes halogenated alkanes) is 6. The van der Waals surface area contributed by atoms with Crippen LogP contribution < -0.4 is 0 Å². The van der Waals surface area contributed by atoms with Crippen molar-refractivity contribution in [3.05, 3.63) is 151 Å². The molecule has 3 aliphatic carbocycles. The summed E-state index contributed by atoms with van der Waals surface area (Å²) in [7, 11) is 0. The maximum Gasteiger partial charge on any atom is 0.0216 e. The van der Waals surface area contributed by atoms with Crippen LogP contribution in [0.25, 0.3) is 32.7 Å². The maximum absolute atomic E-state index is 3.88. The molecule has 0 spiro atoms. The molecule has 258 valence electrons. The van der Waals surface area contributed by atoms with Crippen LogP contribution in [0.5, 0.6) is 0 Å². The van der Waals surface area contributed by atoms with E-state index < -0.39 is 0 Å². The third kappa shape index (κ3) is 6.23. The van der Waals surface area contributed by atoms with Crippen LogP contribution in [0.3, 0.4) is 0 Å². The molecule has 0 atom stereocenters. The van der Waals surface area contributed by atoms with Gasteiger partial charge in [0, 0.05) is 14.4 Å². The molecule has 0 bridgehead atoms. The highest BCUT2D eigenvalue weighted by Gasteiger charge is 2.42. The van der Waals surface area contributed by atoms with Crippen molar-refractivity contribution >= 4 is 53.4 Å². The van der Waals surface area contributed by atoms with Crippen molar-refractivity contribution in [1.29, 1.82) is 0 Å². The smallest absolute Gasteiger partial charge is 0.0216 e. The van der Waals surface area contributed by atoms with Crippen LogP contribution in [0.1, 0.15) is 109 Å². The Labute approximate surface area is 321 Å². The van der Waals surface area contributed by atoms with Gasteiger partial charge in [0.25, 0.3) is 0 Å². The van der Waals surface area contributed by atoms with Gasteiger partial charge in [-0.1, -0.05) is 143 Å². The average molecular weight is 797 g/mol. The van der Waals surface area contributed by atoms with Gasteiger partial charge in [-0.05, 0) is 166 Å². The summed E-state index contributed by atoms with van der Waals surface area (Å²) in [6.07, 6.45) is 20.2. The van der Waals surface area contributed by atoms with E-state index in [1.807, 2.05) is 0 Å². The fourth-order valence-electron chi connectivity index (χ4n) is 10.1. The van der Waals surface area contributed by atoms with Crippen LogP contribution in [0.4, 0.5) is 0 Å². The highest BCUT2D eigenvalue weighted by atomic mass is 79.9. The summed E-state index contributed by atoms with van der Waals surface area (Å²) in [5.74, 6) is 0. The minimum absolute atomic E-state index is 0.0775. The van der Waals surface area contributed by atoms with E-state index in [1.165, 1.54) is 144 Å². The van der Waals surface area contributed by atoms with Gasteiger partial charge in [-0.2, -0.15) is 0 Å². The minimum atomic E-state index is 0.0775. The highest BCUT2D eigenvalue weighted by molar-refractivity contribution is 9.10. The van der Waals surface area contributed by atoms with Crippen LogP contribution in [0, 0.1) is 0 Å². The third-order valence-corrected chi connectivity index (χ3v) is 13.8. The lowest BCUT2D eigenvalue weighted by Gasteiger charge is -2.33. The summed E-state index contributed by atoms with van der Waals surface area (Å²) in [6.45, 7) is 0. The van der Waals surface area contributed by atoms with Gasteiger partial charge in [0.2, 0.25) is 0 Å². The molecule has 0 nitrogen and oxygen atoms in total. The fraction of sp³-hybridized carbons (Fsp3) is 0.347. The van der Waals surface area contributed by atoms with Gasteiger partial charge < -0.3 is 0 Å². The molecule has 6 aromatic rings. The lowest BCUT2D eigenvalue weighted by molar-refractivity contribution is 0.399. The molecular formula is C49H48Br2. The normalized spacial score (nSPS) is 14.9. The van der Waals surface area contributed by atoms with Crippen molar-refractivity contribution in [3.63, 3.8) is 0 Å². The number of halogens is 2. The Hall–Kier alpha value is -3.20. The number of rotatable bonds is 14. The number of aryl methyl sites for hydroxylation is 6. The van der Waals surface area contributed by atoms with Gasteiger partial charge in [0.05, 0.1) is 0 Å². The molecule has 3 aliphatic rings. The van der Waals surface area contributed by atoms with Crippen molar-refractivity contribution in [1.82, 2.24) is 0 Å². The molecule has 0 saturated carbocycles. The second-order valence-electron chi connectivity index (χ2n) is 15.7. The Balaban J connectivity index is 0.872. The third-order valence-electron chi connectivity index (χ3n) is 12.8. The first-order chi connectivity index (χ1) is 25.1. The van der Waals surface area contributed by atoms with Crippen LogP contribution in [-0.4, -0.2) is 0 Å². The summed E-state index contributed by atoms with van der Waals surface area (Å²) in [5, 5.41) is 6.01. The van der Waals surface area contributed by atoms with E-state index >= 15 is 0 Å². The quantitative estimate of drug-likeness (QED) is 0.0963. The van der Waals surface area contributed by atoms with Crippen molar-refractivity contribution in [2.45, 2.75) is 108 Å². The van der Waals surface area contributed by atoms with Crippen molar-refractivity contribution in [2.75, 3.05) is 0 Å². The summed E-state index contributed by atoms with van der Waals surface area (Å²) >= 11 is 7.75. The lowest BCUT2D eigenvalue weighted by atomic mass is 9.70. The van der Waals surface area contributed by atoms with Gasteiger partial charge in [-0.15, -0.1) is 0 Å². The van der Waals surface area contributed by atoms with E-state index in [-0.39, 0.29) is 5.41 Å². The van der Waals surface area contributed by atoms with Gasteiger partial charge in [-0.3, -0.25) is 0 Å². The fourth-order valence-corrected chi connectivity index (χ4v) is 10.8. The Bertz CT molecular complexity index is 2100. The summed E-state index contributed by atoms with van der Waals surface area (Å²) in [4.78, 5) is 0. The van der Waals surface area contributed by atoms with E-state index in [2.05, 4.69) is 129 Å². The Morgan fingerprint density at radius 3 is 1.29 bits per heavy atom. The van der Waals surface area contributed by atoms with E-state index in [0.717, 1.165) is 0 Å².